The number of rotatable bonds is 4. The Labute approximate surface area is 114 Å². The van der Waals surface area contributed by atoms with Crippen LogP contribution in [0.2, 0.25) is 0 Å². The number of nitrogens with zero attached hydrogens (tertiary/aromatic N) is 1. The number of nitrogens with one attached hydrogen (secondary N) is 1. The first kappa shape index (κ1) is 14.3. The summed E-state index contributed by atoms with van der Waals surface area (Å²) < 4.78 is 19.9. The molecule has 0 saturated carbocycles. The van der Waals surface area contributed by atoms with Crippen molar-refractivity contribution in [2.24, 2.45) is 0 Å². The average molecular weight is 266 g/mol. The van der Waals surface area contributed by atoms with Gasteiger partial charge in [0.15, 0.2) is 0 Å². The third-order valence-corrected chi connectivity index (χ3v) is 3.53. The Hall–Kier alpha value is -1.13. The molecule has 19 heavy (non-hydrogen) atoms. The van der Waals surface area contributed by atoms with E-state index < -0.39 is 0 Å². The molecule has 0 aromatic heterocycles. The van der Waals surface area contributed by atoms with E-state index in [0.29, 0.717) is 13.2 Å². The minimum atomic E-state index is -0.142. The van der Waals surface area contributed by atoms with Gasteiger partial charge in [-0.05, 0) is 32.0 Å². The fourth-order valence-corrected chi connectivity index (χ4v) is 2.50. The highest BCUT2D eigenvalue weighted by atomic mass is 19.1. The lowest BCUT2D eigenvalue weighted by atomic mass is 10.1. The van der Waals surface area contributed by atoms with Gasteiger partial charge in [-0.3, -0.25) is 0 Å². The van der Waals surface area contributed by atoms with E-state index in [9.17, 15) is 4.39 Å². The molecule has 1 N–H and O–H groups in total. The summed E-state index contributed by atoms with van der Waals surface area (Å²) in [4.78, 5) is 2.14. The van der Waals surface area contributed by atoms with E-state index in [-0.39, 0.29) is 18.0 Å². The van der Waals surface area contributed by atoms with Crippen molar-refractivity contribution >= 4 is 5.69 Å². The molecule has 2 unspecified atom stereocenters. The summed E-state index contributed by atoms with van der Waals surface area (Å²) in [5.41, 5.74) is 1.74. The fourth-order valence-electron chi connectivity index (χ4n) is 2.50. The molecule has 4 heteroatoms. The third-order valence-electron chi connectivity index (χ3n) is 3.53. The Morgan fingerprint density at radius 3 is 2.95 bits per heavy atom. The minimum absolute atomic E-state index is 0.141. The van der Waals surface area contributed by atoms with Gasteiger partial charge in [-0.2, -0.15) is 0 Å². The van der Waals surface area contributed by atoms with Crippen LogP contribution < -0.4 is 10.2 Å². The van der Waals surface area contributed by atoms with Crippen LogP contribution in [-0.2, 0) is 11.3 Å². The van der Waals surface area contributed by atoms with Gasteiger partial charge in [0, 0.05) is 19.1 Å². The van der Waals surface area contributed by atoms with Gasteiger partial charge in [0.1, 0.15) is 5.82 Å². The quantitative estimate of drug-likeness (QED) is 0.906. The maximum absolute atomic E-state index is 14.3. The second-order valence-electron chi connectivity index (χ2n) is 5.17. The van der Waals surface area contributed by atoms with E-state index in [1.54, 1.807) is 6.07 Å². The van der Waals surface area contributed by atoms with Crippen LogP contribution >= 0.6 is 0 Å². The van der Waals surface area contributed by atoms with Crippen molar-refractivity contribution in [3.63, 3.8) is 0 Å². The van der Waals surface area contributed by atoms with E-state index >= 15 is 0 Å². The van der Waals surface area contributed by atoms with Crippen molar-refractivity contribution in [3.05, 3.63) is 29.6 Å². The topological polar surface area (TPSA) is 24.5 Å². The summed E-state index contributed by atoms with van der Waals surface area (Å²) in [7, 11) is 0. The van der Waals surface area contributed by atoms with Crippen molar-refractivity contribution in [1.82, 2.24) is 5.32 Å². The summed E-state index contributed by atoms with van der Waals surface area (Å²) >= 11 is 0. The molecule has 1 aliphatic heterocycles. The van der Waals surface area contributed by atoms with Crippen LogP contribution in [-0.4, -0.2) is 31.8 Å². The third kappa shape index (κ3) is 3.25. The summed E-state index contributed by atoms with van der Waals surface area (Å²) in [5, 5.41) is 3.27. The Morgan fingerprint density at radius 2 is 2.21 bits per heavy atom. The van der Waals surface area contributed by atoms with Crippen LogP contribution in [0.15, 0.2) is 18.2 Å². The molecule has 3 nitrogen and oxygen atoms in total. The van der Waals surface area contributed by atoms with E-state index in [2.05, 4.69) is 24.1 Å². The van der Waals surface area contributed by atoms with Crippen LogP contribution in [0.1, 0.15) is 26.3 Å². The average Bonchev–Trinajstić information content (AvgIpc) is 2.39. The van der Waals surface area contributed by atoms with E-state index in [1.165, 1.54) is 6.07 Å². The molecule has 0 aliphatic carbocycles. The van der Waals surface area contributed by atoms with E-state index in [1.807, 2.05) is 13.0 Å². The van der Waals surface area contributed by atoms with Gasteiger partial charge >= 0.3 is 0 Å². The van der Waals surface area contributed by atoms with Crippen molar-refractivity contribution < 1.29 is 9.13 Å². The summed E-state index contributed by atoms with van der Waals surface area (Å²) in [6.07, 6.45) is 0.141. The summed E-state index contributed by atoms with van der Waals surface area (Å²) in [6.45, 7) is 9.13. The smallest absolute Gasteiger partial charge is 0.146 e. The van der Waals surface area contributed by atoms with Gasteiger partial charge in [-0.15, -0.1) is 0 Å². The largest absolute Gasteiger partial charge is 0.375 e. The number of para-hydroxylation sites is 1. The van der Waals surface area contributed by atoms with Crippen molar-refractivity contribution in [1.29, 1.82) is 0 Å². The number of ether oxygens (including phenoxy) is 1. The molecule has 1 heterocycles. The number of benzene rings is 1. The molecule has 106 valence electrons. The van der Waals surface area contributed by atoms with Crippen LogP contribution in [0.5, 0.6) is 0 Å². The number of hydrogen-bond acceptors (Lipinski definition) is 3. The fraction of sp³-hybridized carbons (Fsp3) is 0.600. The maximum Gasteiger partial charge on any atom is 0.146 e. The molecule has 1 fully saturated rings. The van der Waals surface area contributed by atoms with Crippen molar-refractivity contribution in [3.8, 4) is 0 Å². The van der Waals surface area contributed by atoms with Gasteiger partial charge in [0.25, 0.3) is 0 Å². The standard InChI is InChI=1S/C15H23FN2O/c1-4-17-8-13-6-5-7-14(16)15(13)18-9-12(3)19-10-11(18)2/h5-7,11-12,17H,4,8-10H2,1-3H3. The highest BCUT2D eigenvalue weighted by Crippen LogP contribution is 2.28. The number of hydrogen-bond donors (Lipinski definition) is 1. The second kappa shape index (κ2) is 6.35. The Bertz CT molecular complexity index is 425. The van der Waals surface area contributed by atoms with Gasteiger partial charge in [-0.1, -0.05) is 19.1 Å². The first-order valence-corrected chi connectivity index (χ1v) is 6.99. The van der Waals surface area contributed by atoms with Crippen LogP contribution in [0.25, 0.3) is 0 Å². The normalized spacial score (nSPS) is 23.7. The molecule has 0 spiro atoms. The van der Waals surface area contributed by atoms with Crippen molar-refractivity contribution in [2.45, 2.75) is 39.5 Å². The first-order chi connectivity index (χ1) is 9.13. The molecule has 0 amide bonds. The van der Waals surface area contributed by atoms with Gasteiger partial charge < -0.3 is 15.0 Å². The van der Waals surface area contributed by atoms with Crippen LogP contribution in [0.3, 0.4) is 0 Å². The molecule has 2 atom stereocenters. The van der Waals surface area contributed by atoms with Gasteiger partial charge in [0.05, 0.1) is 18.4 Å². The number of anilines is 1. The molecular weight excluding hydrogens is 243 g/mol. The van der Waals surface area contributed by atoms with Crippen LogP contribution in [0, 0.1) is 5.82 Å². The predicted molar refractivity (Wildman–Crippen MR) is 76.0 cm³/mol. The molecule has 1 saturated heterocycles. The zero-order chi connectivity index (χ0) is 13.8. The van der Waals surface area contributed by atoms with Gasteiger partial charge in [0.2, 0.25) is 0 Å². The maximum atomic E-state index is 14.3. The highest BCUT2D eigenvalue weighted by Gasteiger charge is 2.27. The summed E-state index contributed by atoms with van der Waals surface area (Å²) in [5.74, 6) is -0.142. The number of morpholine rings is 1. The monoisotopic (exact) mass is 266 g/mol. The lowest BCUT2D eigenvalue weighted by Crippen LogP contribution is -2.48. The molecular formula is C15H23FN2O. The lowest BCUT2D eigenvalue weighted by molar-refractivity contribution is 0.0340. The summed E-state index contributed by atoms with van der Waals surface area (Å²) in [6, 6.07) is 5.51. The minimum Gasteiger partial charge on any atom is -0.375 e. The van der Waals surface area contributed by atoms with E-state index in [0.717, 1.165) is 24.3 Å². The van der Waals surface area contributed by atoms with Gasteiger partial charge in [-0.25, -0.2) is 4.39 Å². The van der Waals surface area contributed by atoms with E-state index in [4.69, 9.17) is 4.74 Å². The Balaban J connectivity index is 2.30. The zero-order valence-electron chi connectivity index (χ0n) is 11.9. The second-order valence-corrected chi connectivity index (χ2v) is 5.17. The lowest BCUT2D eigenvalue weighted by Gasteiger charge is -2.39. The molecule has 1 aromatic rings. The molecule has 0 bridgehead atoms. The molecule has 1 aromatic carbocycles. The SMILES string of the molecule is CCNCc1cccc(F)c1N1CC(C)OCC1C. The Morgan fingerprint density at radius 1 is 1.42 bits per heavy atom. The van der Waals surface area contributed by atoms with Crippen LogP contribution in [0.4, 0.5) is 10.1 Å². The van der Waals surface area contributed by atoms with Crippen molar-refractivity contribution in [2.75, 3.05) is 24.6 Å². The molecule has 0 radical (unpaired) electrons. The predicted octanol–water partition coefficient (Wildman–Crippen LogP) is 2.55. The molecule has 2 rings (SSSR count). The zero-order valence-corrected chi connectivity index (χ0v) is 11.9. The highest BCUT2D eigenvalue weighted by molar-refractivity contribution is 5.56. The number of halogens is 1. The Kier molecular flexibility index (Phi) is 4.77. The first-order valence-electron chi connectivity index (χ1n) is 6.99. The molecule has 1 aliphatic rings.